The van der Waals surface area contributed by atoms with Gasteiger partial charge >= 0.3 is 0 Å². The first-order chi connectivity index (χ1) is 10.0. The lowest BCUT2D eigenvalue weighted by molar-refractivity contribution is -0.387. The summed E-state index contributed by atoms with van der Waals surface area (Å²) in [5, 5.41) is 13.8. The van der Waals surface area contributed by atoms with Gasteiger partial charge in [0.1, 0.15) is 5.76 Å². The summed E-state index contributed by atoms with van der Waals surface area (Å²) in [4.78, 5) is 23.2. The molecule has 1 unspecified atom stereocenters. The van der Waals surface area contributed by atoms with Gasteiger partial charge in [-0.05, 0) is 37.4 Å². The van der Waals surface area contributed by atoms with Crippen molar-refractivity contribution in [1.82, 2.24) is 5.32 Å². The van der Waals surface area contributed by atoms with E-state index in [0.29, 0.717) is 10.7 Å². The Bertz CT molecular complexity index is 655. The Morgan fingerprint density at radius 2 is 2.19 bits per heavy atom. The molecule has 0 bridgehead atoms. The summed E-state index contributed by atoms with van der Waals surface area (Å²) in [6.07, 6.45) is 3.27. The van der Waals surface area contributed by atoms with Crippen LogP contribution in [0.25, 0.3) is 0 Å². The summed E-state index contributed by atoms with van der Waals surface area (Å²) in [6, 6.07) is 7.61. The molecule has 1 N–H and O–H groups in total. The van der Waals surface area contributed by atoms with Crippen LogP contribution in [0, 0.1) is 10.1 Å². The fraction of sp³-hybridized carbons (Fsp3) is 0.214. The number of benzene rings is 1. The molecule has 0 radical (unpaired) electrons. The highest BCUT2D eigenvalue weighted by atomic mass is 32.2. The second-order valence-corrected chi connectivity index (χ2v) is 5.20. The van der Waals surface area contributed by atoms with Crippen molar-refractivity contribution < 1.29 is 14.1 Å². The zero-order valence-electron chi connectivity index (χ0n) is 11.5. The number of nitrogens with zero attached hydrogens (tertiary/aromatic N) is 1. The van der Waals surface area contributed by atoms with Gasteiger partial charge in [-0.25, -0.2) is 0 Å². The molecular weight excluding hydrogens is 292 g/mol. The van der Waals surface area contributed by atoms with Gasteiger partial charge in [0, 0.05) is 11.6 Å². The van der Waals surface area contributed by atoms with Gasteiger partial charge in [-0.3, -0.25) is 14.9 Å². The van der Waals surface area contributed by atoms with Gasteiger partial charge in [-0.1, -0.05) is 0 Å². The molecule has 0 saturated carbocycles. The molecule has 1 aromatic carbocycles. The molecular formula is C14H14N2O4S. The van der Waals surface area contributed by atoms with E-state index in [1.54, 1.807) is 37.4 Å². The summed E-state index contributed by atoms with van der Waals surface area (Å²) >= 11 is 1.27. The predicted octanol–water partition coefficient (Wildman–Crippen LogP) is 3.40. The van der Waals surface area contributed by atoms with E-state index in [2.05, 4.69) is 5.32 Å². The molecule has 21 heavy (non-hydrogen) atoms. The topological polar surface area (TPSA) is 85.4 Å². The first-order valence-electron chi connectivity index (χ1n) is 6.19. The number of thioether (sulfide) groups is 1. The van der Waals surface area contributed by atoms with Gasteiger partial charge in [0.25, 0.3) is 11.6 Å². The maximum Gasteiger partial charge on any atom is 0.283 e. The summed E-state index contributed by atoms with van der Waals surface area (Å²) in [5.74, 6) is 0.244. The van der Waals surface area contributed by atoms with Crippen LogP contribution in [0.5, 0.6) is 0 Å². The minimum atomic E-state index is -0.488. The number of hydrogen-bond donors (Lipinski definition) is 1. The smallest absolute Gasteiger partial charge is 0.283 e. The molecule has 2 rings (SSSR count). The van der Waals surface area contributed by atoms with Crippen LogP contribution < -0.4 is 5.32 Å². The Hall–Kier alpha value is -2.28. The number of rotatable bonds is 5. The molecule has 1 aromatic heterocycles. The number of nitro groups is 1. The number of furan rings is 1. The summed E-state index contributed by atoms with van der Waals surface area (Å²) in [7, 11) is 0. The second-order valence-electron chi connectivity index (χ2n) is 4.35. The molecule has 0 aliphatic carbocycles. The van der Waals surface area contributed by atoms with E-state index in [0.717, 1.165) is 0 Å². The second kappa shape index (κ2) is 6.45. The van der Waals surface area contributed by atoms with Crippen molar-refractivity contribution in [2.75, 3.05) is 6.26 Å². The first kappa shape index (κ1) is 15.1. The summed E-state index contributed by atoms with van der Waals surface area (Å²) in [6.45, 7) is 1.78. The molecule has 7 heteroatoms. The molecule has 1 amide bonds. The van der Waals surface area contributed by atoms with Crippen molar-refractivity contribution in [3.8, 4) is 0 Å². The van der Waals surface area contributed by atoms with Crippen LogP contribution >= 0.6 is 11.8 Å². The number of hydrogen-bond acceptors (Lipinski definition) is 5. The van der Waals surface area contributed by atoms with E-state index in [-0.39, 0.29) is 23.2 Å². The number of nitrogens with one attached hydrogen (secondary N) is 1. The Morgan fingerprint density at radius 3 is 2.76 bits per heavy atom. The van der Waals surface area contributed by atoms with Gasteiger partial charge in [-0.2, -0.15) is 0 Å². The van der Waals surface area contributed by atoms with Crippen molar-refractivity contribution in [3.63, 3.8) is 0 Å². The fourth-order valence-corrected chi connectivity index (χ4v) is 2.41. The zero-order chi connectivity index (χ0) is 15.4. The molecule has 0 aliphatic heterocycles. The molecule has 1 heterocycles. The van der Waals surface area contributed by atoms with Crippen LogP contribution in [0.2, 0.25) is 0 Å². The maximum absolute atomic E-state index is 12.1. The van der Waals surface area contributed by atoms with E-state index < -0.39 is 4.92 Å². The highest BCUT2D eigenvalue weighted by Gasteiger charge is 2.19. The minimum Gasteiger partial charge on any atom is -0.467 e. The van der Waals surface area contributed by atoms with Gasteiger partial charge in [0.15, 0.2) is 0 Å². The third-order valence-electron chi connectivity index (χ3n) is 2.96. The van der Waals surface area contributed by atoms with E-state index >= 15 is 0 Å². The van der Waals surface area contributed by atoms with Gasteiger partial charge in [0.2, 0.25) is 0 Å². The van der Waals surface area contributed by atoms with Gasteiger partial charge in [-0.15, -0.1) is 11.8 Å². The van der Waals surface area contributed by atoms with Crippen molar-refractivity contribution in [1.29, 1.82) is 0 Å². The molecule has 110 valence electrons. The molecule has 6 nitrogen and oxygen atoms in total. The lowest BCUT2D eigenvalue weighted by Gasteiger charge is -2.11. The lowest BCUT2D eigenvalue weighted by Crippen LogP contribution is -2.26. The van der Waals surface area contributed by atoms with Crippen LogP contribution in [0.15, 0.2) is 45.9 Å². The SMILES string of the molecule is CSc1ccc(C(=O)NC(C)c2ccco2)cc1[N+](=O)[O-]. The number of nitro benzene ring substituents is 1. The average Bonchev–Trinajstić information content (AvgIpc) is 3.00. The molecule has 0 aliphatic rings. The number of amides is 1. The summed E-state index contributed by atoms with van der Waals surface area (Å²) in [5.41, 5.74) is 0.179. The number of carbonyl (C=O) groups is 1. The average molecular weight is 306 g/mol. The third kappa shape index (κ3) is 3.43. The van der Waals surface area contributed by atoms with E-state index in [9.17, 15) is 14.9 Å². The van der Waals surface area contributed by atoms with Gasteiger partial charge in [0.05, 0.1) is 22.1 Å². The highest BCUT2D eigenvalue weighted by Crippen LogP contribution is 2.28. The minimum absolute atomic E-state index is 0.0687. The Kier molecular flexibility index (Phi) is 4.64. The monoisotopic (exact) mass is 306 g/mol. The van der Waals surface area contributed by atoms with Crippen molar-refractivity contribution in [2.45, 2.75) is 17.9 Å². The van der Waals surface area contributed by atoms with Crippen molar-refractivity contribution >= 4 is 23.4 Å². The van der Waals surface area contributed by atoms with Crippen LogP contribution in [0.3, 0.4) is 0 Å². The first-order valence-corrected chi connectivity index (χ1v) is 7.42. The normalized spacial score (nSPS) is 11.9. The lowest BCUT2D eigenvalue weighted by atomic mass is 10.1. The van der Waals surface area contributed by atoms with E-state index in [1.165, 1.54) is 24.1 Å². The largest absolute Gasteiger partial charge is 0.467 e. The molecule has 2 aromatic rings. The number of carbonyl (C=O) groups excluding carboxylic acids is 1. The van der Waals surface area contributed by atoms with Crippen LogP contribution in [-0.4, -0.2) is 17.1 Å². The van der Waals surface area contributed by atoms with Gasteiger partial charge < -0.3 is 9.73 Å². The van der Waals surface area contributed by atoms with Crippen LogP contribution in [0.4, 0.5) is 5.69 Å². The van der Waals surface area contributed by atoms with E-state index in [1.807, 2.05) is 0 Å². The molecule has 0 fully saturated rings. The van der Waals surface area contributed by atoms with Crippen molar-refractivity contribution in [2.24, 2.45) is 0 Å². The van der Waals surface area contributed by atoms with Crippen molar-refractivity contribution in [3.05, 3.63) is 58.0 Å². The summed E-state index contributed by atoms with van der Waals surface area (Å²) < 4.78 is 5.20. The van der Waals surface area contributed by atoms with Crippen LogP contribution in [0.1, 0.15) is 29.1 Å². The maximum atomic E-state index is 12.1. The Balaban J connectivity index is 2.19. The molecule has 0 saturated heterocycles. The van der Waals surface area contributed by atoms with Crippen LogP contribution in [-0.2, 0) is 0 Å². The third-order valence-corrected chi connectivity index (χ3v) is 3.74. The highest BCUT2D eigenvalue weighted by molar-refractivity contribution is 7.98. The van der Waals surface area contributed by atoms with E-state index in [4.69, 9.17) is 4.42 Å². The molecule has 1 atom stereocenters. The molecule has 0 spiro atoms. The predicted molar refractivity (Wildman–Crippen MR) is 79.5 cm³/mol. The Labute approximate surface area is 125 Å². The standard InChI is InChI=1S/C14H14N2O4S/c1-9(12-4-3-7-20-12)15-14(17)10-5-6-13(21-2)11(8-10)16(18)19/h3-9H,1-2H3,(H,15,17). The Morgan fingerprint density at radius 1 is 1.43 bits per heavy atom. The zero-order valence-corrected chi connectivity index (χ0v) is 12.3. The fourth-order valence-electron chi connectivity index (χ4n) is 1.86. The quantitative estimate of drug-likeness (QED) is 0.520.